The van der Waals surface area contributed by atoms with Crippen molar-refractivity contribution in [2.24, 2.45) is 0 Å². The largest absolute Gasteiger partial charge is 0.478 e. The molecule has 1 heterocycles. The molecule has 1 rings (SSSR count). The summed E-state index contributed by atoms with van der Waals surface area (Å²) in [4.78, 5) is 25.4. The first kappa shape index (κ1) is 13.5. The Balaban J connectivity index is 2.26. The zero-order valence-electron chi connectivity index (χ0n) is 9.96. The first-order valence-corrected chi connectivity index (χ1v) is 5.67. The van der Waals surface area contributed by atoms with Crippen LogP contribution < -0.4 is 0 Å². The third-order valence-electron chi connectivity index (χ3n) is 2.52. The summed E-state index contributed by atoms with van der Waals surface area (Å²) in [7, 11) is 0. The van der Waals surface area contributed by atoms with E-state index in [1.165, 1.54) is 0 Å². The maximum Gasteiger partial charge on any atom is 0.409 e. The highest BCUT2D eigenvalue weighted by molar-refractivity contribution is 5.79. The van der Waals surface area contributed by atoms with Gasteiger partial charge in [-0.15, -0.1) is 0 Å². The summed E-state index contributed by atoms with van der Waals surface area (Å²) in [5, 5.41) is 8.44. The number of amides is 1. The SMILES string of the molecule is CCOC(=O)N1CCN(C/C=C/C(=O)O)CC1. The van der Waals surface area contributed by atoms with Gasteiger partial charge in [0.15, 0.2) is 0 Å². The number of ether oxygens (including phenoxy) is 1. The summed E-state index contributed by atoms with van der Waals surface area (Å²) in [5.74, 6) is -0.935. The number of carboxylic acid groups (broad SMARTS) is 1. The Kier molecular flexibility index (Phi) is 5.48. The molecule has 96 valence electrons. The fourth-order valence-electron chi connectivity index (χ4n) is 1.63. The number of carbonyl (C=O) groups excluding carboxylic acids is 1. The van der Waals surface area contributed by atoms with Crippen molar-refractivity contribution in [2.75, 3.05) is 39.3 Å². The number of piperazine rings is 1. The third-order valence-corrected chi connectivity index (χ3v) is 2.52. The quantitative estimate of drug-likeness (QED) is 0.723. The van der Waals surface area contributed by atoms with Crippen molar-refractivity contribution in [3.63, 3.8) is 0 Å². The molecule has 1 aliphatic rings. The highest BCUT2D eigenvalue weighted by Gasteiger charge is 2.20. The van der Waals surface area contributed by atoms with Gasteiger partial charge in [0.1, 0.15) is 0 Å². The zero-order chi connectivity index (χ0) is 12.7. The lowest BCUT2D eigenvalue weighted by Gasteiger charge is -2.33. The van der Waals surface area contributed by atoms with Crippen LogP contribution in [0.3, 0.4) is 0 Å². The molecule has 1 N–H and O–H groups in total. The number of rotatable bonds is 4. The van der Waals surface area contributed by atoms with E-state index in [1.807, 2.05) is 0 Å². The molecule has 0 saturated carbocycles. The van der Waals surface area contributed by atoms with Gasteiger partial charge in [-0.05, 0) is 6.92 Å². The average molecular weight is 242 g/mol. The summed E-state index contributed by atoms with van der Waals surface area (Å²) in [6.45, 7) is 5.50. The Bertz CT molecular complexity index is 296. The molecule has 0 radical (unpaired) electrons. The summed E-state index contributed by atoms with van der Waals surface area (Å²) in [6, 6.07) is 0. The third kappa shape index (κ3) is 4.86. The van der Waals surface area contributed by atoms with Gasteiger partial charge in [-0.2, -0.15) is 0 Å². The number of nitrogens with zero attached hydrogens (tertiary/aromatic N) is 2. The minimum absolute atomic E-state index is 0.270. The second-order valence-electron chi connectivity index (χ2n) is 3.73. The van der Waals surface area contributed by atoms with Crippen LogP contribution in [-0.2, 0) is 9.53 Å². The predicted molar refractivity (Wildman–Crippen MR) is 61.8 cm³/mol. The monoisotopic (exact) mass is 242 g/mol. The van der Waals surface area contributed by atoms with Crippen molar-refractivity contribution < 1.29 is 19.4 Å². The lowest BCUT2D eigenvalue weighted by molar-refractivity contribution is -0.131. The smallest absolute Gasteiger partial charge is 0.409 e. The molecule has 6 nitrogen and oxygen atoms in total. The second kappa shape index (κ2) is 6.90. The number of carbonyl (C=O) groups is 2. The Labute approximate surface area is 100 Å². The molecule has 0 atom stereocenters. The van der Waals surface area contributed by atoms with Gasteiger partial charge in [-0.25, -0.2) is 9.59 Å². The van der Waals surface area contributed by atoms with E-state index in [-0.39, 0.29) is 6.09 Å². The van der Waals surface area contributed by atoms with Crippen molar-refractivity contribution >= 4 is 12.1 Å². The highest BCUT2D eigenvalue weighted by atomic mass is 16.6. The Morgan fingerprint density at radius 1 is 1.29 bits per heavy atom. The van der Waals surface area contributed by atoms with E-state index in [9.17, 15) is 9.59 Å². The first-order valence-electron chi connectivity index (χ1n) is 5.67. The van der Waals surface area contributed by atoms with Gasteiger partial charge in [-0.1, -0.05) is 6.08 Å². The van der Waals surface area contributed by atoms with E-state index in [4.69, 9.17) is 9.84 Å². The van der Waals surface area contributed by atoms with E-state index in [2.05, 4.69) is 4.90 Å². The van der Waals surface area contributed by atoms with Crippen LogP contribution in [-0.4, -0.2) is 66.3 Å². The minimum Gasteiger partial charge on any atom is -0.478 e. The topological polar surface area (TPSA) is 70.1 Å². The fourth-order valence-corrected chi connectivity index (χ4v) is 1.63. The molecule has 1 saturated heterocycles. The van der Waals surface area contributed by atoms with Crippen LogP contribution in [0.25, 0.3) is 0 Å². The molecule has 1 amide bonds. The lowest BCUT2D eigenvalue weighted by Crippen LogP contribution is -2.48. The molecule has 17 heavy (non-hydrogen) atoms. The van der Waals surface area contributed by atoms with Crippen LogP contribution in [0.1, 0.15) is 6.92 Å². The molecule has 6 heteroatoms. The van der Waals surface area contributed by atoms with E-state index in [0.717, 1.165) is 19.2 Å². The normalized spacial score (nSPS) is 17.4. The van der Waals surface area contributed by atoms with Crippen LogP contribution in [0.4, 0.5) is 4.79 Å². The predicted octanol–water partition coefficient (Wildman–Crippen LogP) is 0.401. The Morgan fingerprint density at radius 3 is 2.47 bits per heavy atom. The molecule has 0 aromatic rings. The Hall–Kier alpha value is -1.56. The molecule has 1 fully saturated rings. The van der Waals surface area contributed by atoms with Crippen molar-refractivity contribution in [3.8, 4) is 0 Å². The molecule has 0 spiro atoms. The van der Waals surface area contributed by atoms with Gasteiger partial charge >= 0.3 is 12.1 Å². The standard InChI is InChI=1S/C11H18N2O4/c1-2-17-11(16)13-8-6-12(7-9-13)5-3-4-10(14)15/h3-4H,2,5-9H2,1H3,(H,14,15)/b4-3+. The van der Waals surface area contributed by atoms with E-state index < -0.39 is 5.97 Å². The molecule has 0 aromatic carbocycles. The maximum atomic E-state index is 11.4. The second-order valence-corrected chi connectivity index (χ2v) is 3.73. The first-order chi connectivity index (χ1) is 8.13. The molecule has 0 aliphatic carbocycles. The van der Waals surface area contributed by atoms with Crippen LogP contribution in [0, 0.1) is 0 Å². The van der Waals surface area contributed by atoms with E-state index >= 15 is 0 Å². The highest BCUT2D eigenvalue weighted by Crippen LogP contribution is 2.03. The molecule has 0 aromatic heterocycles. The molecule has 0 bridgehead atoms. The van der Waals surface area contributed by atoms with Crippen LogP contribution >= 0.6 is 0 Å². The average Bonchev–Trinajstić information content (AvgIpc) is 2.30. The summed E-state index contributed by atoms with van der Waals surface area (Å²) in [6.07, 6.45) is 2.48. The number of hydrogen-bond donors (Lipinski definition) is 1. The number of hydrogen-bond acceptors (Lipinski definition) is 4. The summed E-state index contributed by atoms with van der Waals surface area (Å²) in [5.41, 5.74) is 0. The van der Waals surface area contributed by atoms with Crippen LogP contribution in [0.2, 0.25) is 0 Å². The lowest BCUT2D eigenvalue weighted by atomic mass is 10.3. The summed E-state index contributed by atoms with van der Waals surface area (Å²) >= 11 is 0. The van der Waals surface area contributed by atoms with Gasteiger partial charge in [0.25, 0.3) is 0 Å². The van der Waals surface area contributed by atoms with Crippen LogP contribution in [0.5, 0.6) is 0 Å². The van der Waals surface area contributed by atoms with Gasteiger partial charge in [0.2, 0.25) is 0 Å². The van der Waals surface area contributed by atoms with Gasteiger partial charge < -0.3 is 14.7 Å². The van der Waals surface area contributed by atoms with E-state index in [1.54, 1.807) is 17.9 Å². The van der Waals surface area contributed by atoms with Gasteiger partial charge in [0, 0.05) is 38.8 Å². The zero-order valence-corrected chi connectivity index (χ0v) is 9.96. The molecular weight excluding hydrogens is 224 g/mol. The van der Waals surface area contributed by atoms with Crippen molar-refractivity contribution in [2.45, 2.75) is 6.92 Å². The van der Waals surface area contributed by atoms with E-state index in [0.29, 0.717) is 26.2 Å². The number of aliphatic carboxylic acids is 1. The molecule has 1 aliphatic heterocycles. The minimum atomic E-state index is -0.935. The molecular formula is C11H18N2O4. The van der Waals surface area contributed by atoms with Gasteiger partial charge in [0.05, 0.1) is 6.61 Å². The van der Waals surface area contributed by atoms with Crippen molar-refractivity contribution in [1.29, 1.82) is 0 Å². The fraction of sp³-hybridized carbons (Fsp3) is 0.636. The summed E-state index contributed by atoms with van der Waals surface area (Å²) < 4.78 is 4.91. The van der Waals surface area contributed by atoms with Gasteiger partial charge in [-0.3, -0.25) is 4.90 Å². The molecule has 0 unspecified atom stereocenters. The van der Waals surface area contributed by atoms with Crippen molar-refractivity contribution in [3.05, 3.63) is 12.2 Å². The van der Waals surface area contributed by atoms with Crippen molar-refractivity contribution in [1.82, 2.24) is 9.80 Å². The van der Waals surface area contributed by atoms with Crippen LogP contribution in [0.15, 0.2) is 12.2 Å². The number of carboxylic acids is 1. The Morgan fingerprint density at radius 2 is 1.94 bits per heavy atom. The maximum absolute atomic E-state index is 11.4.